The van der Waals surface area contributed by atoms with Crippen molar-refractivity contribution in [3.05, 3.63) is 47.2 Å². The fourth-order valence-electron chi connectivity index (χ4n) is 4.84. The molecule has 33 heavy (non-hydrogen) atoms. The monoisotopic (exact) mass is 483 g/mol. The summed E-state index contributed by atoms with van der Waals surface area (Å²) < 4.78 is 6.19. The second-order valence-corrected chi connectivity index (χ2v) is 9.74. The number of hydrogen-bond donors (Lipinski definition) is 1. The van der Waals surface area contributed by atoms with Crippen LogP contribution in [0, 0.1) is 5.41 Å². The number of amides is 1. The number of carbonyl (C=O) groups excluding carboxylic acids is 1. The summed E-state index contributed by atoms with van der Waals surface area (Å²) in [5, 5.41) is 8.13. The Kier molecular flexibility index (Phi) is 5.84. The molecule has 0 unspecified atom stereocenters. The third-order valence-electron chi connectivity index (χ3n) is 6.91. The zero-order valence-electron chi connectivity index (χ0n) is 18.5. The van der Waals surface area contributed by atoms with E-state index < -0.39 is 5.54 Å². The highest BCUT2D eigenvalue weighted by Gasteiger charge is 2.59. The van der Waals surface area contributed by atoms with E-state index in [0.717, 1.165) is 62.8 Å². The number of aromatic nitrogens is 1. The SMILES string of the molecule is CN1CCC(Oc2ccc(N3C(=S)N(c4cnc(C=N)c(Cl)c4)C(=O)C34CCC4)cc2)CC1. The first-order chi connectivity index (χ1) is 15.9. The molecule has 172 valence electrons. The molecule has 1 aromatic carbocycles. The van der Waals surface area contributed by atoms with E-state index in [2.05, 4.69) is 16.9 Å². The molecule has 2 aromatic rings. The van der Waals surface area contributed by atoms with Crippen LogP contribution >= 0.6 is 23.8 Å². The second kappa shape index (κ2) is 8.66. The molecule has 3 fully saturated rings. The van der Waals surface area contributed by atoms with E-state index in [1.807, 2.05) is 29.2 Å². The number of nitrogens with zero attached hydrogens (tertiary/aromatic N) is 4. The number of hydrogen-bond acceptors (Lipinski definition) is 6. The van der Waals surface area contributed by atoms with Gasteiger partial charge < -0.3 is 19.9 Å². The first-order valence-corrected chi connectivity index (χ1v) is 12.0. The number of ether oxygens (including phenoxy) is 1. The highest BCUT2D eigenvalue weighted by molar-refractivity contribution is 7.81. The molecule has 2 aliphatic heterocycles. The van der Waals surface area contributed by atoms with Crippen LogP contribution in [0.25, 0.3) is 0 Å². The fourth-order valence-corrected chi connectivity index (χ4v) is 5.53. The van der Waals surface area contributed by atoms with Gasteiger partial charge in [0, 0.05) is 25.0 Å². The number of pyridine rings is 1. The number of thiocarbonyl (C=S) groups is 1. The van der Waals surface area contributed by atoms with Crippen molar-refractivity contribution in [2.24, 2.45) is 0 Å². The maximum atomic E-state index is 13.6. The van der Waals surface area contributed by atoms with E-state index in [1.54, 1.807) is 12.3 Å². The Labute approximate surface area is 203 Å². The minimum atomic E-state index is -0.667. The van der Waals surface area contributed by atoms with Gasteiger partial charge in [0.15, 0.2) is 5.11 Å². The molecule has 1 N–H and O–H groups in total. The zero-order chi connectivity index (χ0) is 23.2. The third kappa shape index (κ3) is 3.80. The average molecular weight is 484 g/mol. The van der Waals surface area contributed by atoms with Crippen LogP contribution in [0.2, 0.25) is 5.02 Å². The van der Waals surface area contributed by atoms with E-state index in [1.165, 1.54) is 4.90 Å². The van der Waals surface area contributed by atoms with Crippen LogP contribution in [0.3, 0.4) is 0 Å². The summed E-state index contributed by atoms with van der Waals surface area (Å²) in [6, 6.07) is 9.54. The maximum absolute atomic E-state index is 13.6. The number of piperidine rings is 1. The van der Waals surface area contributed by atoms with E-state index in [9.17, 15) is 4.79 Å². The van der Waals surface area contributed by atoms with Crippen molar-refractivity contribution in [3.63, 3.8) is 0 Å². The second-order valence-electron chi connectivity index (χ2n) is 8.96. The quantitative estimate of drug-likeness (QED) is 0.506. The van der Waals surface area contributed by atoms with Gasteiger partial charge in [0.2, 0.25) is 0 Å². The smallest absolute Gasteiger partial charge is 0.259 e. The number of halogens is 1. The zero-order valence-corrected chi connectivity index (χ0v) is 20.0. The summed E-state index contributed by atoms with van der Waals surface area (Å²) in [5.74, 6) is 0.786. The Morgan fingerprint density at radius 2 is 1.91 bits per heavy atom. The molecule has 2 saturated heterocycles. The molecule has 1 amide bonds. The van der Waals surface area contributed by atoms with Gasteiger partial charge in [-0.15, -0.1) is 0 Å². The summed E-state index contributed by atoms with van der Waals surface area (Å²) in [5.41, 5.74) is 1.09. The lowest BCUT2D eigenvalue weighted by molar-refractivity contribution is -0.123. The van der Waals surface area contributed by atoms with Crippen LogP contribution in [0.5, 0.6) is 5.75 Å². The summed E-state index contributed by atoms with van der Waals surface area (Å²) in [4.78, 5) is 23.6. The van der Waals surface area contributed by atoms with Crippen molar-refractivity contribution >= 4 is 52.4 Å². The Balaban J connectivity index is 1.40. The molecule has 1 spiro atoms. The van der Waals surface area contributed by atoms with Gasteiger partial charge >= 0.3 is 0 Å². The summed E-state index contributed by atoms with van der Waals surface area (Å²) in [6.45, 7) is 2.09. The third-order valence-corrected chi connectivity index (χ3v) is 7.57. The largest absolute Gasteiger partial charge is 0.490 e. The molecule has 1 aliphatic carbocycles. The van der Waals surface area contributed by atoms with Crippen LogP contribution in [0.15, 0.2) is 36.5 Å². The highest BCUT2D eigenvalue weighted by Crippen LogP contribution is 2.48. The van der Waals surface area contributed by atoms with Gasteiger partial charge in [-0.1, -0.05) is 11.6 Å². The average Bonchev–Trinajstić information content (AvgIpc) is 3.02. The number of nitrogens with one attached hydrogen (secondary N) is 1. The van der Waals surface area contributed by atoms with E-state index in [4.69, 9.17) is 34.0 Å². The van der Waals surface area contributed by atoms with Gasteiger partial charge in [0.25, 0.3) is 5.91 Å². The highest BCUT2D eigenvalue weighted by atomic mass is 35.5. The molecular formula is C24H26ClN5O2S. The van der Waals surface area contributed by atoms with E-state index in [0.29, 0.717) is 21.5 Å². The van der Waals surface area contributed by atoms with Crippen LogP contribution in [0.4, 0.5) is 11.4 Å². The van der Waals surface area contributed by atoms with Crippen molar-refractivity contribution in [3.8, 4) is 5.75 Å². The van der Waals surface area contributed by atoms with E-state index in [-0.39, 0.29) is 12.0 Å². The Hall–Kier alpha value is -2.55. The Morgan fingerprint density at radius 3 is 2.48 bits per heavy atom. The van der Waals surface area contributed by atoms with Gasteiger partial charge in [-0.2, -0.15) is 0 Å². The van der Waals surface area contributed by atoms with Crippen LogP contribution in [-0.4, -0.2) is 58.9 Å². The normalized spacial score (nSPS) is 20.9. The standard InChI is InChI=1S/C24H26ClN5O2S/c1-28-11-7-19(8-12-28)32-18-5-3-16(4-6-18)30-23(33)29(22(31)24(30)9-2-10-24)17-13-20(25)21(14-26)27-15-17/h3-6,13-15,19,26H,2,7-12H2,1H3. The summed E-state index contributed by atoms with van der Waals surface area (Å²) in [6.07, 6.45) is 7.38. The molecule has 0 radical (unpaired) electrons. The Morgan fingerprint density at radius 1 is 1.21 bits per heavy atom. The molecule has 0 atom stereocenters. The predicted octanol–water partition coefficient (Wildman–Crippen LogP) is 4.27. The maximum Gasteiger partial charge on any atom is 0.259 e. The van der Waals surface area contributed by atoms with Crippen molar-refractivity contribution in [2.75, 3.05) is 29.9 Å². The number of carbonyl (C=O) groups is 1. The topological polar surface area (TPSA) is 72.8 Å². The molecule has 9 heteroatoms. The van der Waals surface area contributed by atoms with Crippen molar-refractivity contribution in [1.82, 2.24) is 9.88 Å². The first kappa shape index (κ1) is 22.3. The van der Waals surface area contributed by atoms with E-state index >= 15 is 0 Å². The number of anilines is 2. The number of likely N-dealkylation sites (tertiary alicyclic amines) is 1. The molecule has 1 saturated carbocycles. The molecular weight excluding hydrogens is 458 g/mol. The predicted molar refractivity (Wildman–Crippen MR) is 134 cm³/mol. The molecule has 1 aromatic heterocycles. The minimum absolute atomic E-state index is 0.0501. The van der Waals surface area contributed by atoms with Gasteiger partial charge in [-0.05, 0) is 81.7 Å². The van der Waals surface area contributed by atoms with Gasteiger partial charge in [-0.3, -0.25) is 14.7 Å². The molecule has 3 heterocycles. The summed E-state index contributed by atoms with van der Waals surface area (Å²) in [7, 11) is 2.14. The lowest BCUT2D eigenvalue weighted by Gasteiger charge is -2.43. The Bertz CT molecular complexity index is 1100. The van der Waals surface area contributed by atoms with Crippen molar-refractivity contribution < 1.29 is 9.53 Å². The lowest BCUT2D eigenvalue weighted by Crippen LogP contribution is -2.55. The van der Waals surface area contributed by atoms with Gasteiger partial charge in [0.05, 0.1) is 22.6 Å². The minimum Gasteiger partial charge on any atom is -0.490 e. The van der Waals surface area contributed by atoms with Crippen LogP contribution < -0.4 is 14.5 Å². The van der Waals surface area contributed by atoms with Gasteiger partial charge in [-0.25, -0.2) is 0 Å². The van der Waals surface area contributed by atoms with Crippen LogP contribution in [0.1, 0.15) is 37.8 Å². The number of rotatable bonds is 5. The van der Waals surface area contributed by atoms with Gasteiger partial charge in [0.1, 0.15) is 17.4 Å². The van der Waals surface area contributed by atoms with Crippen molar-refractivity contribution in [1.29, 1.82) is 5.41 Å². The molecule has 0 bridgehead atoms. The fraction of sp³-hybridized carbons (Fsp3) is 0.417. The lowest BCUT2D eigenvalue weighted by atomic mass is 9.75. The molecule has 5 rings (SSSR count). The summed E-state index contributed by atoms with van der Waals surface area (Å²) >= 11 is 12.1. The molecule has 7 nitrogen and oxygen atoms in total. The molecule has 3 aliphatic rings. The van der Waals surface area contributed by atoms with Crippen molar-refractivity contribution in [2.45, 2.75) is 43.7 Å². The van der Waals surface area contributed by atoms with Crippen LogP contribution in [-0.2, 0) is 4.79 Å². The first-order valence-electron chi connectivity index (χ1n) is 11.2. The number of benzene rings is 1.